The number of carbonyl (C=O) groups is 1. The first-order valence-corrected chi connectivity index (χ1v) is 7.10. The van der Waals surface area contributed by atoms with Crippen LogP contribution in [0.5, 0.6) is 0 Å². The standard InChI is InChI=1S/C17H20N2O2/c20-12-11-19(14-15-5-2-1-3-6-15)10-8-17(21)16-7-4-9-18-13-16/h1-7,9,13,20H,8,10-12,14H2. The molecule has 1 N–H and O–H groups in total. The highest BCUT2D eigenvalue weighted by molar-refractivity contribution is 5.95. The van der Waals surface area contributed by atoms with E-state index in [0.717, 1.165) is 6.54 Å². The molecular weight excluding hydrogens is 264 g/mol. The predicted octanol–water partition coefficient (Wildman–Crippen LogP) is 2.15. The lowest BCUT2D eigenvalue weighted by atomic mass is 10.1. The van der Waals surface area contributed by atoms with Gasteiger partial charge in [0.15, 0.2) is 5.78 Å². The Morgan fingerprint density at radius 2 is 1.90 bits per heavy atom. The van der Waals surface area contributed by atoms with Crippen LogP contribution in [0, 0.1) is 0 Å². The second-order valence-electron chi connectivity index (χ2n) is 4.90. The molecular formula is C17H20N2O2. The van der Waals surface area contributed by atoms with Gasteiger partial charge in [-0.15, -0.1) is 0 Å². The molecule has 0 radical (unpaired) electrons. The second-order valence-corrected chi connectivity index (χ2v) is 4.90. The van der Waals surface area contributed by atoms with E-state index >= 15 is 0 Å². The number of aliphatic hydroxyl groups excluding tert-OH is 1. The Bertz CT molecular complexity index is 543. The number of ketones is 1. The summed E-state index contributed by atoms with van der Waals surface area (Å²) in [7, 11) is 0. The minimum Gasteiger partial charge on any atom is -0.395 e. The van der Waals surface area contributed by atoms with Crippen LogP contribution in [0.25, 0.3) is 0 Å². The molecule has 2 rings (SSSR count). The van der Waals surface area contributed by atoms with Crippen molar-refractivity contribution >= 4 is 5.78 Å². The number of aliphatic hydroxyl groups is 1. The first-order valence-electron chi connectivity index (χ1n) is 7.10. The van der Waals surface area contributed by atoms with Crippen molar-refractivity contribution in [2.24, 2.45) is 0 Å². The van der Waals surface area contributed by atoms with Crippen molar-refractivity contribution in [3.8, 4) is 0 Å². The number of aromatic nitrogens is 1. The molecule has 0 fully saturated rings. The van der Waals surface area contributed by atoms with Crippen LogP contribution in [-0.2, 0) is 6.54 Å². The highest BCUT2D eigenvalue weighted by Gasteiger charge is 2.10. The molecule has 1 aromatic carbocycles. The van der Waals surface area contributed by atoms with E-state index in [1.165, 1.54) is 5.56 Å². The summed E-state index contributed by atoms with van der Waals surface area (Å²) in [6.07, 6.45) is 3.68. The molecule has 0 aliphatic heterocycles. The lowest BCUT2D eigenvalue weighted by molar-refractivity contribution is 0.0954. The lowest BCUT2D eigenvalue weighted by Crippen LogP contribution is -2.29. The molecule has 110 valence electrons. The van der Waals surface area contributed by atoms with Crippen molar-refractivity contribution in [3.63, 3.8) is 0 Å². The topological polar surface area (TPSA) is 53.4 Å². The molecule has 0 spiro atoms. The quantitative estimate of drug-likeness (QED) is 0.755. The Morgan fingerprint density at radius 1 is 1.10 bits per heavy atom. The maximum Gasteiger partial charge on any atom is 0.165 e. The summed E-state index contributed by atoms with van der Waals surface area (Å²) in [6.45, 7) is 2.02. The lowest BCUT2D eigenvalue weighted by Gasteiger charge is -2.21. The molecule has 0 saturated heterocycles. The van der Waals surface area contributed by atoms with Crippen molar-refractivity contribution in [3.05, 3.63) is 66.0 Å². The molecule has 0 saturated carbocycles. The zero-order chi connectivity index (χ0) is 14.9. The van der Waals surface area contributed by atoms with Gasteiger partial charge in [-0.1, -0.05) is 30.3 Å². The van der Waals surface area contributed by atoms with Gasteiger partial charge in [-0.25, -0.2) is 0 Å². The number of rotatable bonds is 8. The molecule has 0 aliphatic rings. The van der Waals surface area contributed by atoms with E-state index in [-0.39, 0.29) is 12.4 Å². The minimum atomic E-state index is 0.0825. The number of nitrogens with zero attached hydrogens (tertiary/aromatic N) is 2. The van der Waals surface area contributed by atoms with Crippen LogP contribution in [0.2, 0.25) is 0 Å². The first kappa shape index (κ1) is 15.4. The Kier molecular flexibility index (Phi) is 6.06. The summed E-state index contributed by atoms with van der Waals surface area (Å²) in [4.78, 5) is 18.1. The van der Waals surface area contributed by atoms with E-state index < -0.39 is 0 Å². The zero-order valence-corrected chi connectivity index (χ0v) is 12.0. The van der Waals surface area contributed by atoms with Crippen LogP contribution in [0.1, 0.15) is 22.3 Å². The van der Waals surface area contributed by atoms with Crippen LogP contribution < -0.4 is 0 Å². The normalized spacial score (nSPS) is 10.8. The van der Waals surface area contributed by atoms with Crippen molar-refractivity contribution in [1.82, 2.24) is 9.88 Å². The van der Waals surface area contributed by atoms with Crippen LogP contribution in [0.4, 0.5) is 0 Å². The maximum atomic E-state index is 12.1. The van der Waals surface area contributed by atoms with Crippen LogP contribution >= 0.6 is 0 Å². The summed E-state index contributed by atoms with van der Waals surface area (Å²) in [5.74, 6) is 0.0825. The Hall–Kier alpha value is -2.04. The van der Waals surface area contributed by atoms with Crippen LogP contribution in [0.3, 0.4) is 0 Å². The number of hydrogen-bond donors (Lipinski definition) is 1. The Balaban J connectivity index is 1.89. The van der Waals surface area contributed by atoms with E-state index in [1.807, 2.05) is 30.3 Å². The average Bonchev–Trinajstić information content (AvgIpc) is 2.54. The van der Waals surface area contributed by atoms with E-state index in [2.05, 4.69) is 9.88 Å². The molecule has 21 heavy (non-hydrogen) atoms. The number of hydrogen-bond acceptors (Lipinski definition) is 4. The molecule has 0 atom stereocenters. The summed E-state index contributed by atoms with van der Waals surface area (Å²) >= 11 is 0. The van der Waals surface area contributed by atoms with Crippen molar-refractivity contribution in [2.45, 2.75) is 13.0 Å². The molecule has 1 aromatic heterocycles. The highest BCUT2D eigenvalue weighted by atomic mass is 16.3. The van der Waals surface area contributed by atoms with Gasteiger partial charge in [0.05, 0.1) is 6.61 Å². The largest absolute Gasteiger partial charge is 0.395 e. The number of carbonyl (C=O) groups excluding carboxylic acids is 1. The molecule has 0 aliphatic carbocycles. The average molecular weight is 284 g/mol. The molecule has 1 heterocycles. The van der Waals surface area contributed by atoms with Crippen molar-refractivity contribution < 1.29 is 9.90 Å². The highest BCUT2D eigenvalue weighted by Crippen LogP contribution is 2.07. The Morgan fingerprint density at radius 3 is 2.57 bits per heavy atom. The van der Waals surface area contributed by atoms with Gasteiger partial charge < -0.3 is 5.11 Å². The summed E-state index contributed by atoms with van der Waals surface area (Å²) in [6, 6.07) is 13.6. The van der Waals surface area contributed by atoms with Gasteiger partial charge in [0.25, 0.3) is 0 Å². The van der Waals surface area contributed by atoms with E-state index in [0.29, 0.717) is 25.1 Å². The van der Waals surface area contributed by atoms with Gasteiger partial charge in [-0.2, -0.15) is 0 Å². The maximum absolute atomic E-state index is 12.1. The summed E-state index contributed by atoms with van der Waals surface area (Å²) in [5, 5.41) is 9.16. The zero-order valence-electron chi connectivity index (χ0n) is 12.0. The van der Waals surface area contributed by atoms with E-state index in [1.54, 1.807) is 24.5 Å². The third kappa shape index (κ3) is 5.10. The predicted molar refractivity (Wildman–Crippen MR) is 82.0 cm³/mol. The van der Waals surface area contributed by atoms with Crippen LogP contribution in [0.15, 0.2) is 54.9 Å². The van der Waals surface area contributed by atoms with Gasteiger partial charge in [0, 0.05) is 44.0 Å². The van der Waals surface area contributed by atoms with Crippen molar-refractivity contribution in [1.29, 1.82) is 0 Å². The number of Topliss-reactive ketones (excluding diaryl/α,β-unsaturated/α-hetero) is 1. The van der Waals surface area contributed by atoms with Gasteiger partial charge >= 0.3 is 0 Å². The molecule has 0 amide bonds. The van der Waals surface area contributed by atoms with E-state index in [4.69, 9.17) is 5.11 Å². The first-order chi connectivity index (χ1) is 10.3. The van der Waals surface area contributed by atoms with Gasteiger partial charge in [-0.3, -0.25) is 14.7 Å². The fourth-order valence-electron chi connectivity index (χ4n) is 2.18. The Labute approximate surface area is 125 Å². The monoisotopic (exact) mass is 284 g/mol. The minimum absolute atomic E-state index is 0.0825. The molecule has 4 nitrogen and oxygen atoms in total. The second kappa shape index (κ2) is 8.29. The molecule has 0 unspecified atom stereocenters. The summed E-state index contributed by atoms with van der Waals surface area (Å²) in [5.41, 5.74) is 1.82. The van der Waals surface area contributed by atoms with E-state index in [9.17, 15) is 4.79 Å². The fourth-order valence-corrected chi connectivity index (χ4v) is 2.18. The molecule has 0 bridgehead atoms. The molecule has 4 heteroatoms. The smallest absolute Gasteiger partial charge is 0.165 e. The van der Waals surface area contributed by atoms with Gasteiger partial charge in [0.1, 0.15) is 0 Å². The third-order valence-electron chi connectivity index (χ3n) is 3.30. The van der Waals surface area contributed by atoms with Gasteiger partial charge in [-0.05, 0) is 17.7 Å². The number of pyridine rings is 1. The molecule has 2 aromatic rings. The summed E-state index contributed by atoms with van der Waals surface area (Å²) < 4.78 is 0. The number of benzene rings is 1. The fraction of sp³-hybridized carbons (Fsp3) is 0.294. The van der Waals surface area contributed by atoms with Crippen molar-refractivity contribution in [2.75, 3.05) is 19.7 Å². The van der Waals surface area contributed by atoms with Gasteiger partial charge in [0.2, 0.25) is 0 Å². The third-order valence-corrected chi connectivity index (χ3v) is 3.30. The SMILES string of the molecule is O=C(CCN(CCO)Cc1ccccc1)c1cccnc1. The van der Waals surface area contributed by atoms with Crippen LogP contribution in [-0.4, -0.2) is 40.5 Å².